The van der Waals surface area contributed by atoms with Gasteiger partial charge in [-0.2, -0.15) is 13.2 Å². The van der Waals surface area contributed by atoms with Gasteiger partial charge in [0.2, 0.25) is 11.8 Å². The highest BCUT2D eigenvalue weighted by molar-refractivity contribution is 7.99. The van der Waals surface area contributed by atoms with Crippen LogP contribution >= 0.6 is 11.8 Å². The van der Waals surface area contributed by atoms with Gasteiger partial charge >= 0.3 is 12.1 Å². The number of likely N-dealkylation sites (tertiary alicyclic amines) is 1. The summed E-state index contributed by atoms with van der Waals surface area (Å²) in [5.41, 5.74) is 0.406. The number of amides is 2. The summed E-state index contributed by atoms with van der Waals surface area (Å²) in [6.07, 6.45) is -1.87. The molecule has 2 atom stereocenters. The van der Waals surface area contributed by atoms with Crippen molar-refractivity contribution in [2.24, 2.45) is 5.92 Å². The van der Waals surface area contributed by atoms with E-state index >= 15 is 0 Å². The number of carbonyl (C=O) groups is 3. The van der Waals surface area contributed by atoms with Gasteiger partial charge in [-0.15, -0.1) is 0 Å². The number of benzene rings is 2. The van der Waals surface area contributed by atoms with E-state index in [-0.39, 0.29) is 41.4 Å². The summed E-state index contributed by atoms with van der Waals surface area (Å²) in [5.74, 6) is -1.62. The van der Waals surface area contributed by atoms with Crippen LogP contribution in [0.1, 0.15) is 54.7 Å². The molecule has 198 valence electrons. The summed E-state index contributed by atoms with van der Waals surface area (Å²) in [4.78, 5) is 37.5. The zero-order chi connectivity index (χ0) is 26.6. The van der Waals surface area contributed by atoms with Crippen molar-refractivity contribution >= 4 is 29.5 Å². The molecule has 2 aliphatic rings. The molecule has 6 nitrogen and oxygen atoms in total. The van der Waals surface area contributed by atoms with Gasteiger partial charge in [0.25, 0.3) is 0 Å². The maximum atomic E-state index is 14.0. The van der Waals surface area contributed by atoms with E-state index in [0.717, 1.165) is 30.8 Å². The number of rotatable bonds is 11. The van der Waals surface area contributed by atoms with Crippen LogP contribution in [-0.2, 0) is 27.0 Å². The normalized spacial score (nSPS) is 19.2. The number of aryl methyl sites for hydroxylation is 1. The minimum Gasteiger partial charge on any atom is -0.481 e. The lowest BCUT2D eigenvalue weighted by Crippen LogP contribution is -2.31. The molecule has 0 radical (unpaired) electrons. The molecular formula is C27H29F3N2O4S. The Morgan fingerprint density at radius 2 is 1.92 bits per heavy atom. The van der Waals surface area contributed by atoms with Crippen LogP contribution in [0.4, 0.5) is 13.2 Å². The first kappa shape index (κ1) is 27.0. The number of carboxylic acid groups (broad SMARTS) is 1. The first-order valence-electron chi connectivity index (χ1n) is 12.4. The lowest BCUT2D eigenvalue weighted by atomic mass is 10.0. The van der Waals surface area contributed by atoms with Crippen molar-refractivity contribution in [2.75, 3.05) is 19.6 Å². The molecule has 2 aromatic rings. The van der Waals surface area contributed by atoms with E-state index in [4.69, 9.17) is 5.11 Å². The molecule has 0 bridgehead atoms. The Morgan fingerprint density at radius 3 is 2.62 bits per heavy atom. The fraction of sp³-hybridized carbons (Fsp3) is 0.444. The number of hydrogen-bond acceptors (Lipinski definition) is 4. The second-order valence-corrected chi connectivity index (χ2v) is 10.5. The van der Waals surface area contributed by atoms with Crippen LogP contribution in [0, 0.1) is 5.92 Å². The number of carboxylic acids is 1. The SMILES string of the molecule is O=C(O)CCc1ccccc1Sc1ccc(C2CC2C(=O)NCCCN2CCCC2=O)cc1C(F)(F)F. The molecule has 10 heteroatoms. The summed E-state index contributed by atoms with van der Waals surface area (Å²) in [7, 11) is 0. The largest absolute Gasteiger partial charge is 0.481 e. The second kappa shape index (κ2) is 11.6. The highest BCUT2D eigenvalue weighted by Gasteiger charge is 2.45. The molecular weight excluding hydrogens is 505 g/mol. The highest BCUT2D eigenvalue weighted by Crippen LogP contribution is 2.50. The highest BCUT2D eigenvalue weighted by atomic mass is 32.2. The number of hydrogen-bond donors (Lipinski definition) is 2. The van der Waals surface area contributed by atoms with Crippen LogP contribution in [0.25, 0.3) is 0 Å². The van der Waals surface area contributed by atoms with Crippen molar-refractivity contribution in [1.29, 1.82) is 0 Å². The van der Waals surface area contributed by atoms with Gasteiger partial charge in [-0.25, -0.2) is 0 Å². The maximum Gasteiger partial charge on any atom is 0.417 e. The van der Waals surface area contributed by atoms with E-state index in [1.54, 1.807) is 35.2 Å². The van der Waals surface area contributed by atoms with E-state index in [2.05, 4.69) is 5.32 Å². The van der Waals surface area contributed by atoms with E-state index in [9.17, 15) is 27.6 Å². The third-order valence-electron chi connectivity index (χ3n) is 6.74. The first-order chi connectivity index (χ1) is 17.6. The molecule has 1 saturated heterocycles. The fourth-order valence-corrected chi connectivity index (χ4v) is 5.77. The molecule has 0 spiro atoms. The minimum atomic E-state index is -4.58. The molecule has 2 amide bonds. The number of nitrogens with one attached hydrogen (secondary N) is 1. The standard InChI is InChI=1S/C27H29F3N2O4S/c28-27(29,30)21-15-18(8-10-23(21)37-22-6-2-1-5-17(22)9-11-25(34)35)19-16-20(19)26(36)31-12-4-14-32-13-3-7-24(32)33/h1-2,5-6,8,10,15,19-20H,3-4,7,9,11-14,16H2,(H,31,36)(H,34,35). The lowest BCUT2D eigenvalue weighted by Gasteiger charge is -2.16. The van der Waals surface area contributed by atoms with Crippen molar-refractivity contribution in [3.63, 3.8) is 0 Å². The third kappa shape index (κ3) is 7.06. The van der Waals surface area contributed by atoms with E-state index < -0.39 is 17.7 Å². The zero-order valence-electron chi connectivity index (χ0n) is 20.2. The number of nitrogens with zero attached hydrogens (tertiary/aromatic N) is 1. The van der Waals surface area contributed by atoms with Gasteiger partial charge in [-0.3, -0.25) is 14.4 Å². The molecule has 1 heterocycles. The quantitative estimate of drug-likeness (QED) is 0.392. The first-order valence-corrected chi connectivity index (χ1v) is 13.2. The summed E-state index contributed by atoms with van der Waals surface area (Å²) < 4.78 is 42.0. The summed E-state index contributed by atoms with van der Waals surface area (Å²) in [6, 6.07) is 11.1. The summed E-state index contributed by atoms with van der Waals surface area (Å²) >= 11 is 0.971. The van der Waals surface area contributed by atoms with Crippen molar-refractivity contribution in [1.82, 2.24) is 10.2 Å². The third-order valence-corrected chi connectivity index (χ3v) is 7.93. The van der Waals surface area contributed by atoms with Gasteiger partial charge in [-0.1, -0.05) is 36.0 Å². The molecule has 1 saturated carbocycles. The van der Waals surface area contributed by atoms with Crippen LogP contribution in [0.5, 0.6) is 0 Å². The van der Waals surface area contributed by atoms with Gasteiger partial charge in [0, 0.05) is 48.2 Å². The smallest absolute Gasteiger partial charge is 0.417 e. The van der Waals surface area contributed by atoms with Gasteiger partial charge in [0.1, 0.15) is 0 Å². The van der Waals surface area contributed by atoms with Crippen LogP contribution in [0.2, 0.25) is 0 Å². The van der Waals surface area contributed by atoms with E-state index in [1.807, 2.05) is 0 Å². The van der Waals surface area contributed by atoms with Crippen LogP contribution in [0.3, 0.4) is 0 Å². The average Bonchev–Trinajstić information content (AvgIpc) is 3.55. The van der Waals surface area contributed by atoms with Crippen molar-refractivity contribution in [3.8, 4) is 0 Å². The Labute approximate surface area is 217 Å². The molecule has 1 aliphatic carbocycles. The van der Waals surface area contributed by atoms with Crippen molar-refractivity contribution < 1.29 is 32.7 Å². The molecule has 2 fully saturated rings. The van der Waals surface area contributed by atoms with E-state index in [1.165, 1.54) is 6.07 Å². The Morgan fingerprint density at radius 1 is 1.14 bits per heavy atom. The number of carbonyl (C=O) groups excluding carboxylic acids is 2. The molecule has 2 N–H and O–H groups in total. The Kier molecular flexibility index (Phi) is 8.46. The number of aliphatic carboxylic acids is 1. The van der Waals surface area contributed by atoms with Gasteiger partial charge in [0.05, 0.1) is 5.56 Å². The molecule has 2 aromatic carbocycles. The molecule has 37 heavy (non-hydrogen) atoms. The lowest BCUT2D eigenvalue weighted by molar-refractivity contribution is -0.140. The Balaban J connectivity index is 1.39. The summed E-state index contributed by atoms with van der Waals surface area (Å²) in [6.45, 7) is 1.78. The Hall–Kier alpha value is -3.01. The number of halogens is 3. The van der Waals surface area contributed by atoms with E-state index in [0.29, 0.717) is 48.4 Å². The van der Waals surface area contributed by atoms with Crippen LogP contribution < -0.4 is 5.32 Å². The summed E-state index contributed by atoms with van der Waals surface area (Å²) in [5, 5.41) is 11.8. The minimum absolute atomic E-state index is 0.0390. The van der Waals surface area contributed by atoms with Gasteiger partial charge in [0.15, 0.2) is 0 Å². The molecule has 2 unspecified atom stereocenters. The van der Waals surface area contributed by atoms with Crippen molar-refractivity contribution in [2.45, 2.75) is 60.4 Å². The van der Waals surface area contributed by atoms with Gasteiger partial charge in [-0.05, 0) is 60.9 Å². The monoisotopic (exact) mass is 534 g/mol. The van der Waals surface area contributed by atoms with Crippen LogP contribution in [0.15, 0.2) is 52.3 Å². The Bertz CT molecular complexity index is 1170. The molecule has 0 aromatic heterocycles. The van der Waals surface area contributed by atoms with Crippen LogP contribution in [-0.4, -0.2) is 47.4 Å². The molecule has 1 aliphatic heterocycles. The maximum absolute atomic E-state index is 14.0. The second-order valence-electron chi connectivity index (χ2n) is 9.43. The molecule has 4 rings (SSSR count). The van der Waals surface area contributed by atoms with Gasteiger partial charge < -0.3 is 15.3 Å². The topological polar surface area (TPSA) is 86.7 Å². The van der Waals surface area contributed by atoms with Crippen molar-refractivity contribution in [3.05, 3.63) is 59.2 Å². The zero-order valence-corrected chi connectivity index (χ0v) is 21.0. The average molecular weight is 535 g/mol. The number of alkyl halides is 3. The predicted molar refractivity (Wildman–Crippen MR) is 132 cm³/mol. The predicted octanol–water partition coefficient (Wildman–Crippen LogP) is 5.11. The fourth-order valence-electron chi connectivity index (χ4n) is 4.66.